The summed E-state index contributed by atoms with van der Waals surface area (Å²) in [5.41, 5.74) is 0.352. The van der Waals surface area contributed by atoms with Crippen molar-refractivity contribution >= 4 is 16.9 Å². The fourth-order valence-corrected chi connectivity index (χ4v) is 1.72. The summed E-state index contributed by atoms with van der Waals surface area (Å²) < 4.78 is 25.6. The normalized spacial score (nSPS) is 11.2. The van der Waals surface area contributed by atoms with Crippen molar-refractivity contribution < 1.29 is 18.7 Å². The van der Waals surface area contributed by atoms with Crippen molar-refractivity contribution in [3.63, 3.8) is 0 Å². The van der Waals surface area contributed by atoms with Crippen molar-refractivity contribution in [1.82, 2.24) is 4.98 Å². The van der Waals surface area contributed by atoms with Crippen LogP contribution in [0.2, 0.25) is 0 Å². The summed E-state index contributed by atoms with van der Waals surface area (Å²) in [4.78, 5) is 13.3. The number of aromatic nitrogens is 1. The van der Waals surface area contributed by atoms with Crippen LogP contribution in [0.5, 0.6) is 0 Å². The van der Waals surface area contributed by atoms with Crippen LogP contribution in [0.1, 0.15) is 28.0 Å². The van der Waals surface area contributed by atoms with Gasteiger partial charge in [-0.05, 0) is 19.1 Å². The monoisotopic (exact) mass is 225 g/mol. The molecule has 0 spiro atoms. The highest BCUT2D eigenvalue weighted by Gasteiger charge is 2.23. The Morgan fingerprint density at radius 1 is 1.44 bits per heavy atom. The van der Waals surface area contributed by atoms with E-state index < -0.39 is 23.7 Å². The molecule has 0 aliphatic carbocycles. The Morgan fingerprint density at radius 2 is 2.12 bits per heavy atom. The van der Waals surface area contributed by atoms with Gasteiger partial charge in [-0.2, -0.15) is 0 Å². The van der Waals surface area contributed by atoms with Crippen LogP contribution in [0.15, 0.2) is 18.2 Å². The lowest BCUT2D eigenvalue weighted by atomic mass is 10.1. The second-order valence-electron chi connectivity index (χ2n) is 3.57. The lowest BCUT2D eigenvalue weighted by molar-refractivity contribution is 0.0679. The molecule has 0 bridgehead atoms. The molecule has 2 N–H and O–H groups in total. The molecule has 0 radical (unpaired) electrons. The van der Waals surface area contributed by atoms with Crippen molar-refractivity contribution in [2.45, 2.75) is 13.3 Å². The molecule has 1 aromatic carbocycles. The quantitative estimate of drug-likeness (QED) is 0.825. The second-order valence-corrected chi connectivity index (χ2v) is 3.57. The number of fused-ring (bicyclic) bond motifs is 1. The maximum absolute atomic E-state index is 12.8. The first kappa shape index (κ1) is 10.6. The summed E-state index contributed by atoms with van der Waals surface area (Å²) in [5.74, 6) is -1.37. The number of aromatic carboxylic acids is 1. The summed E-state index contributed by atoms with van der Waals surface area (Å²) >= 11 is 0. The number of nitrogens with one attached hydrogen (secondary N) is 1. The third-order valence-corrected chi connectivity index (χ3v) is 2.43. The van der Waals surface area contributed by atoms with Crippen molar-refractivity contribution in [3.8, 4) is 0 Å². The number of aromatic amines is 1. The average Bonchev–Trinajstić information content (AvgIpc) is 2.55. The van der Waals surface area contributed by atoms with E-state index in [-0.39, 0.29) is 5.39 Å². The van der Waals surface area contributed by atoms with Crippen LogP contribution in [-0.2, 0) is 0 Å². The Kier molecular flexibility index (Phi) is 2.38. The third kappa shape index (κ3) is 1.54. The van der Waals surface area contributed by atoms with E-state index in [9.17, 15) is 13.6 Å². The molecule has 0 atom stereocenters. The van der Waals surface area contributed by atoms with E-state index in [0.29, 0.717) is 5.52 Å². The van der Waals surface area contributed by atoms with Gasteiger partial charge in [0.1, 0.15) is 5.69 Å². The van der Waals surface area contributed by atoms with Crippen molar-refractivity contribution in [2.75, 3.05) is 0 Å². The predicted octanol–water partition coefficient (Wildman–Crippen LogP) is 3.11. The van der Waals surface area contributed by atoms with Gasteiger partial charge in [0, 0.05) is 10.9 Å². The summed E-state index contributed by atoms with van der Waals surface area (Å²) in [7, 11) is 0. The standard InChI is InChI=1S/C11H9F2NO2/c1-5-2-3-7-6(4-5)8(10(12)13)9(14-7)11(15)16/h2-4,10,14H,1H3,(H,15,16). The molecule has 2 aromatic rings. The Morgan fingerprint density at radius 3 is 2.69 bits per heavy atom. The molecule has 16 heavy (non-hydrogen) atoms. The van der Waals surface area contributed by atoms with Crippen molar-refractivity contribution in [1.29, 1.82) is 0 Å². The predicted molar refractivity (Wildman–Crippen MR) is 55.0 cm³/mol. The largest absolute Gasteiger partial charge is 0.477 e. The zero-order chi connectivity index (χ0) is 11.9. The van der Waals surface area contributed by atoms with Gasteiger partial charge < -0.3 is 10.1 Å². The topological polar surface area (TPSA) is 53.1 Å². The Bertz CT molecular complexity index is 560. The Labute approximate surface area is 89.7 Å². The molecule has 0 aliphatic rings. The van der Waals surface area contributed by atoms with Crippen LogP contribution in [-0.4, -0.2) is 16.1 Å². The molecule has 5 heteroatoms. The van der Waals surface area contributed by atoms with Gasteiger partial charge in [-0.3, -0.25) is 0 Å². The average molecular weight is 225 g/mol. The van der Waals surface area contributed by atoms with Crippen molar-refractivity contribution in [2.24, 2.45) is 0 Å². The van der Waals surface area contributed by atoms with Gasteiger partial charge in [0.15, 0.2) is 0 Å². The Hall–Kier alpha value is -1.91. The van der Waals surface area contributed by atoms with Crippen LogP contribution in [0.25, 0.3) is 10.9 Å². The van der Waals surface area contributed by atoms with Gasteiger partial charge >= 0.3 is 5.97 Å². The highest BCUT2D eigenvalue weighted by atomic mass is 19.3. The molecule has 1 heterocycles. The number of hydrogen-bond acceptors (Lipinski definition) is 1. The van der Waals surface area contributed by atoms with E-state index in [1.165, 1.54) is 0 Å². The number of alkyl halides is 2. The van der Waals surface area contributed by atoms with Gasteiger partial charge in [-0.1, -0.05) is 11.6 Å². The molecule has 1 aromatic heterocycles. The van der Waals surface area contributed by atoms with Crippen LogP contribution in [0, 0.1) is 6.92 Å². The highest BCUT2D eigenvalue weighted by molar-refractivity contribution is 5.97. The van der Waals surface area contributed by atoms with Crippen LogP contribution >= 0.6 is 0 Å². The lowest BCUT2D eigenvalue weighted by Gasteiger charge is -1.99. The molecule has 0 saturated heterocycles. The number of rotatable bonds is 2. The summed E-state index contributed by atoms with van der Waals surface area (Å²) in [6, 6.07) is 4.89. The molecule has 84 valence electrons. The van der Waals surface area contributed by atoms with Gasteiger partial charge in [0.05, 0.1) is 5.56 Å². The number of benzene rings is 1. The molecule has 2 rings (SSSR count). The van der Waals surface area contributed by atoms with Gasteiger partial charge in [-0.25, -0.2) is 13.6 Å². The molecule has 3 nitrogen and oxygen atoms in total. The second kappa shape index (κ2) is 3.59. The maximum atomic E-state index is 12.8. The molecule has 0 saturated carbocycles. The SMILES string of the molecule is Cc1ccc2[nH]c(C(=O)O)c(C(F)F)c2c1. The minimum absolute atomic E-state index is 0.271. The number of H-pyrrole nitrogens is 1. The van der Waals surface area contributed by atoms with Crippen LogP contribution in [0.4, 0.5) is 8.78 Å². The van der Waals surface area contributed by atoms with Crippen molar-refractivity contribution in [3.05, 3.63) is 35.0 Å². The molecule has 0 aliphatic heterocycles. The zero-order valence-electron chi connectivity index (χ0n) is 8.42. The van der Waals surface area contributed by atoms with Gasteiger partial charge in [-0.15, -0.1) is 0 Å². The fourth-order valence-electron chi connectivity index (χ4n) is 1.72. The molecule has 0 fully saturated rings. The van der Waals surface area contributed by atoms with E-state index in [1.807, 2.05) is 0 Å². The van der Waals surface area contributed by atoms with Gasteiger partial charge in [0.2, 0.25) is 0 Å². The first-order valence-electron chi connectivity index (χ1n) is 4.64. The van der Waals surface area contributed by atoms with E-state index in [0.717, 1.165) is 5.56 Å². The number of halogens is 2. The molecule has 0 amide bonds. The number of carboxylic acid groups (broad SMARTS) is 1. The minimum Gasteiger partial charge on any atom is -0.477 e. The van der Waals surface area contributed by atoms with E-state index >= 15 is 0 Å². The first-order valence-corrected chi connectivity index (χ1v) is 4.64. The van der Waals surface area contributed by atoms with E-state index in [2.05, 4.69) is 4.98 Å². The van der Waals surface area contributed by atoms with Crippen LogP contribution < -0.4 is 0 Å². The maximum Gasteiger partial charge on any atom is 0.352 e. The fraction of sp³-hybridized carbons (Fsp3) is 0.182. The number of carboxylic acids is 1. The first-order chi connectivity index (χ1) is 7.50. The number of hydrogen-bond donors (Lipinski definition) is 2. The summed E-state index contributed by atoms with van der Waals surface area (Å²) in [6.45, 7) is 1.77. The van der Waals surface area contributed by atoms with E-state index in [1.54, 1.807) is 25.1 Å². The lowest BCUT2D eigenvalue weighted by Crippen LogP contribution is -2.01. The van der Waals surface area contributed by atoms with Gasteiger partial charge in [0.25, 0.3) is 6.43 Å². The highest BCUT2D eigenvalue weighted by Crippen LogP contribution is 2.31. The van der Waals surface area contributed by atoms with Crippen LogP contribution in [0.3, 0.4) is 0 Å². The summed E-state index contributed by atoms with van der Waals surface area (Å²) in [6.07, 6.45) is -2.80. The summed E-state index contributed by atoms with van der Waals surface area (Å²) in [5, 5.41) is 9.09. The number of carbonyl (C=O) groups is 1. The number of aryl methyl sites for hydroxylation is 1. The zero-order valence-corrected chi connectivity index (χ0v) is 8.42. The molecular weight excluding hydrogens is 216 g/mol. The molecule has 0 unspecified atom stereocenters. The minimum atomic E-state index is -2.80. The Balaban J connectivity index is 2.82. The third-order valence-electron chi connectivity index (χ3n) is 2.43. The molecular formula is C11H9F2NO2. The smallest absolute Gasteiger partial charge is 0.352 e. The van der Waals surface area contributed by atoms with E-state index in [4.69, 9.17) is 5.11 Å².